The third-order valence-electron chi connectivity index (χ3n) is 5.94. The Morgan fingerprint density at radius 2 is 2.00 bits per heavy atom. The molecule has 0 aliphatic carbocycles. The van der Waals surface area contributed by atoms with Crippen LogP contribution in [0.25, 0.3) is 16.3 Å². The number of fused-ring (bicyclic) bond motifs is 2. The van der Waals surface area contributed by atoms with Crippen LogP contribution in [0.1, 0.15) is 37.3 Å². The number of ether oxygens (including phenoxy) is 1. The quantitative estimate of drug-likeness (QED) is 0.261. The van der Waals surface area contributed by atoms with Gasteiger partial charge in [0.05, 0.1) is 34.0 Å². The lowest BCUT2D eigenvalue weighted by molar-refractivity contribution is -0.668. The van der Waals surface area contributed by atoms with E-state index in [1.165, 1.54) is 26.7 Å². The van der Waals surface area contributed by atoms with Gasteiger partial charge < -0.3 is 14.2 Å². The average Bonchev–Trinajstić information content (AvgIpc) is 3.33. The highest BCUT2D eigenvalue weighted by Gasteiger charge is 2.25. The van der Waals surface area contributed by atoms with Crippen LogP contribution in [0.2, 0.25) is 0 Å². The third kappa shape index (κ3) is 5.91. The SMILES string of the molecule is CCC(/C=C1\Sc2ccc(C)cc2N1CC)=C\c1sc2ccc(OC)cc2[n+]1CCCS(=O)(=O)[O-]. The lowest BCUT2D eigenvalue weighted by Gasteiger charge is -2.18. The number of benzene rings is 2. The largest absolute Gasteiger partial charge is 0.748 e. The van der Waals surface area contributed by atoms with Crippen molar-refractivity contribution in [1.29, 1.82) is 0 Å². The van der Waals surface area contributed by atoms with Crippen molar-refractivity contribution in [2.24, 2.45) is 0 Å². The van der Waals surface area contributed by atoms with E-state index < -0.39 is 10.1 Å². The second-order valence-corrected chi connectivity index (χ2v) is 12.1. The highest BCUT2D eigenvalue weighted by atomic mass is 32.2. The molecular weight excluding hydrogens is 500 g/mol. The summed E-state index contributed by atoms with van der Waals surface area (Å²) in [5.74, 6) is 0.359. The minimum atomic E-state index is -4.26. The maximum Gasteiger partial charge on any atom is 0.263 e. The Balaban J connectivity index is 1.73. The van der Waals surface area contributed by atoms with Crippen molar-refractivity contribution in [2.75, 3.05) is 24.3 Å². The topological polar surface area (TPSA) is 73.5 Å². The van der Waals surface area contributed by atoms with Crippen LogP contribution in [0.15, 0.2) is 58.0 Å². The van der Waals surface area contributed by atoms with Gasteiger partial charge in [0.15, 0.2) is 6.54 Å². The van der Waals surface area contributed by atoms with Gasteiger partial charge in [-0.25, -0.2) is 8.42 Å². The standard InChI is InChI=1S/C26H30N2O4S3/c1-5-19(15-25-27(6-2)21-14-18(3)8-10-23(21)33-25)16-26-28(12-7-13-35(29,30)31)22-17-20(32-4)9-11-24(22)34-26/h8-11,14-17H,5-7,12-13H2,1-4H3. The summed E-state index contributed by atoms with van der Waals surface area (Å²) in [6, 6.07) is 12.5. The molecule has 1 aromatic heterocycles. The van der Waals surface area contributed by atoms with Crippen LogP contribution in [0.5, 0.6) is 5.75 Å². The van der Waals surface area contributed by atoms with Crippen LogP contribution in [-0.2, 0) is 16.7 Å². The van der Waals surface area contributed by atoms with E-state index in [1.54, 1.807) is 30.2 Å². The monoisotopic (exact) mass is 530 g/mol. The van der Waals surface area contributed by atoms with Gasteiger partial charge in [-0.15, -0.1) is 0 Å². The van der Waals surface area contributed by atoms with Gasteiger partial charge in [0.25, 0.3) is 5.01 Å². The molecule has 2 heterocycles. The highest BCUT2D eigenvalue weighted by Crippen LogP contribution is 2.46. The fourth-order valence-corrected chi connectivity index (χ4v) is 6.96. The molecule has 0 atom stereocenters. The van der Waals surface area contributed by atoms with Crippen LogP contribution in [-0.4, -0.2) is 32.4 Å². The molecule has 0 radical (unpaired) electrons. The number of aryl methyl sites for hydroxylation is 2. The van der Waals surface area contributed by atoms with Gasteiger partial charge in [-0.05, 0) is 61.7 Å². The van der Waals surface area contributed by atoms with E-state index in [9.17, 15) is 13.0 Å². The van der Waals surface area contributed by atoms with Gasteiger partial charge >= 0.3 is 0 Å². The van der Waals surface area contributed by atoms with Crippen LogP contribution in [0.3, 0.4) is 0 Å². The molecule has 35 heavy (non-hydrogen) atoms. The van der Waals surface area contributed by atoms with Crippen molar-refractivity contribution in [3.8, 4) is 5.75 Å². The van der Waals surface area contributed by atoms with Crippen molar-refractivity contribution in [1.82, 2.24) is 0 Å². The predicted molar refractivity (Wildman–Crippen MR) is 144 cm³/mol. The minimum absolute atomic E-state index is 0.261. The predicted octanol–water partition coefficient (Wildman–Crippen LogP) is 5.71. The molecule has 0 bridgehead atoms. The summed E-state index contributed by atoms with van der Waals surface area (Å²) in [6.45, 7) is 7.75. The number of thiazole rings is 1. The van der Waals surface area contributed by atoms with Gasteiger partial charge in [0, 0.05) is 29.7 Å². The Morgan fingerprint density at radius 3 is 2.69 bits per heavy atom. The summed E-state index contributed by atoms with van der Waals surface area (Å²) >= 11 is 3.44. The molecule has 0 unspecified atom stereocenters. The first-order chi connectivity index (χ1) is 16.7. The first-order valence-electron chi connectivity index (χ1n) is 11.6. The summed E-state index contributed by atoms with van der Waals surface area (Å²) in [5, 5.41) is 2.22. The molecule has 0 saturated carbocycles. The summed E-state index contributed by atoms with van der Waals surface area (Å²) in [6.07, 6.45) is 5.54. The number of rotatable bonds is 9. The van der Waals surface area contributed by atoms with Gasteiger partial charge in [-0.1, -0.05) is 36.1 Å². The first-order valence-corrected chi connectivity index (χ1v) is 14.9. The Morgan fingerprint density at radius 1 is 1.20 bits per heavy atom. The lowest BCUT2D eigenvalue weighted by Crippen LogP contribution is -2.36. The van der Waals surface area contributed by atoms with Crippen LogP contribution >= 0.6 is 23.1 Å². The van der Waals surface area contributed by atoms with Gasteiger partial charge in [0.1, 0.15) is 10.4 Å². The maximum atomic E-state index is 11.2. The molecule has 1 aliphatic rings. The van der Waals surface area contributed by atoms with E-state index in [0.29, 0.717) is 6.54 Å². The Bertz CT molecular complexity index is 1410. The zero-order chi connectivity index (χ0) is 25.2. The molecule has 6 nitrogen and oxygen atoms in total. The summed E-state index contributed by atoms with van der Waals surface area (Å²) in [4.78, 5) is 3.61. The molecule has 0 saturated heterocycles. The highest BCUT2D eigenvalue weighted by molar-refractivity contribution is 8.03. The fourth-order valence-electron chi connectivity index (χ4n) is 4.15. The number of hydrogen-bond acceptors (Lipinski definition) is 7. The summed E-state index contributed by atoms with van der Waals surface area (Å²) in [5.41, 5.74) is 4.65. The van der Waals surface area contributed by atoms with Crippen molar-refractivity contribution in [3.63, 3.8) is 0 Å². The Labute approximate surface area is 215 Å². The number of hydrogen-bond donors (Lipinski definition) is 0. The minimum Gasteiger partial charge on any atom is -0.748 e. The van der Waals surface area contributed by atoms with Crippen LogP contribution < -0.4 is 14.2 Å². The van der Waals surface area contributed by atoms with Crippen LogP contribution in [0, 0.1) is 6.92 Å². The maximum absolute atomic E-state index is 11.2. The summed E-state index contributed by atoms with van der Waals surface area (Å²) in [7, 11) is -2.63. The van der Waals surface area contributed by atoms with E-state index >= 15 is 0 Å². The Hall–Kier alpha value is -2.33. The van der Waals surface area contributed by atoms with Gasteiger partial charge in [-0.2, -0.15) is 4.57 Å². The van der Waals surface area contributed by atoms with E-state index in [1.807, 2.05) is 18.2 Å². The molecule has 9 heteroatoms. The van der Waals surface area contributed by atoms with Gasteiger partial charge in [0.2, 0.25) is 5.52 Å². The molecule has 0 N–H and O–H groups in total. The molecular formula is C26H30N2O4S3. The molecule has 0 spiro atoms. The lowest BCUT2D eigenvalue weighted by atomic mass is 10.1. The second-order valence-electron chi connectivity index (χ2n) is 8.41. The van der Waals surface area contributed by atoms with Crippen LogP contribution in [0.4, 0.5) is 5.69 Å². The van der Waals surface area contributed by atoms with E-state index in [4.69, 9.17) is 4.74 Å². The molecule has 3 aromatic rings. The van der Waals surface area contributed by atoms with Crippen molar-refractivity contribution < 1.29 is 22.3 Å². The normalized spacial score (nSPS) is 15.3. The first kappa shape index (κ1) is 25.8. The number of methoxy groups -OCH3 is 1. The number of anilines is 1. The molecule has 4 rings (SSSR count). The zero-order valence-corrected chi connectivity index (χ0v) is 22.9. The molecule has 0 amide bonds. The number of nitrogens with zero attached hydrogens (tertiary/aromatic N) is 2. The second kappa shape index (κ2) is 10.7. The number of thioether (sulfide) groups is 1. The third-order valence-corrected chi connectivity index (χ3v) is 8.96. The van der Waals surface area contributed by atoms with E-state index in [0.717, 1.165) is 33.9 Å². The number of aromatic nitrogens is 1. The van der Waals surface area contributed by atoms with Crippen molar-refractivity contribution in [3.05, 3.63) is 63.6 Å². The Kier molecular flexibility index (Phi) is 7.90. The van der Waals surface area contributed by atoms with Crippen molar-refractivity contribution >= 4 is 55.2 Å². The fraction of sp³-hybridized carbons (Fsp3) is 0.346. The van der Waals surface area contributed by atoms with Crippen molar-refractivity contribution in [2.45, 2.75) is 45.1 Å². The number of allylic oxidation sites excluding steroid dienone is 2. The summed E-state index contributed by atoms with van der Waals surface area (Å²) < 4.78 is 42.2. The molecule has 2 aromatic carbocycles. The zero-order valence-electron chi connectivity index (χ0n) is 20.4. The molecule has 0 fully saturated rings. The smallest absolute Gasteiger partial charge is 0.263 e. The average molecular weight is 531 g/mol. The molecule has 1 aliphatic heterocycles. The van der Waals surface area contributed by atoms with Gasteiger partial charge in [-0.3, -0.25) is 0 Å². The van der Waals surface area contributed by atoms with E-state index in [-0.39, 0.29) is 12.2 Å². The van der Waals surface area contributed by atoms with E-state index in [2.05, 4.69) is 60.6 Å². The molecule has 186 valence electrons.